The molecule has 0 aliphatic rings. The highest BCUT2D eigenvalue weighted by Gasteiger charge is 2.06. The molecule has 3 heteroatoms. The van der Waals surface area contributed by atoms with Gasteiger partial charge in [0.1, 0.15) is 5.82 Å². The zero-order chi connectivity index (χ0) is 15.4. The van der Waals surface area contributed by atoms with Crippen molar-refractivity contribution < 1.29 is 0 Å². The lowest BCUT2D eigenvalue weighted by Crippen LogP contribution is -2.15. The van der Waals surface area contributed by atoms with Crippen LogP contribution in [0.15, 0.2) is 48.5 Å². The van der Waals surface area contributed by atoms with E-state index in [1.54, 1.807) is 0 Å². The number of aromatic nitrogens is 2. The third-order valence-corrected chi connectivity index (χ3v) is 4.08. The number of aryl methyl sites for hydroxylation is 3. The molecule has 3 nitrogen and oxygen atoms in total. The number of rotatable bonds is 6. The molecule has 0 saturated heterocycles. The van der Waals surface area contributed by atoms with Crippen LogP contribution in [0.3, 0.4) is 0 Å². The fourth-order valence-electron chi connectivity index (χ4n) is 2.73. The van der Waals surface area contributed by atoms with Gasteiger partial charge in [0, 0.05) is 20.0 Å². The minimum atomic E-state index is 0.933. The van der Waals surface area contributed by atoms with Crippen molar-refractivity contribution in [3.63, 3.8) is 0 Å². The highest BCUT2D eigenvalue weighted by molar-refractivity contribution is 5.75. The molecule has 0 bridgehead atoms. The van der Waals surface area contributed by atoms with Crippen LogP contribution in [-0.4, -0.2) is 16.1 Å². The molecule has 0 unspecified atom stereocenters. The number of para-hydroxylation sites is 2. The van der Waals surface area contributed by atoms with Crippen LogP contribution in [0.25, 0.3) is 11.0 Å². The van der Waals surface area contributed by atoms with E-state index in [0.717, 1.165) is 31.4 Å². The van der Waals surface area contributed by atoms with Crippen LogP contribution in [0.2, 0.25) is 0 Å². The Kier molecular flexibility index (Phi) is 4.54. The normalized spacial score (nSPS) is 11.2. The predicted molar refractivity (Wildman–Crippen MR) is 91.9 cm³/mol. The molecule has 1 heterocycles. The molecule has 3 rings (SSSR count). The summed E-state index contributed by atoms with van der Waals surface area (Å²) in [6, 6.07) is 17.0. The summed E-state index contributed by atoms with van der Waals surface area (Å²) in [5, 5.41) is 3.51. The Morgan fingerprint density at radius 2 is 1.82 bits per heavy atom. The van der Waals surface area contributed by atoms with Crippen LogP contribution in [0.1, 0.15) is 23.4 Å². The smallest absolute Gasteiger partial charge is 0.109 e. The highest BCUT2D eigenvalue weighted by atomic mass is 15.1. The van der Waals surface area contributed by atoms with Gasteiger partial charge in [-0.25, -0.2) is 4.98 Å². The first-order valence-corrected chi connectivity index (χ1v) is 7.90. The Balaban J connectivity index is 1.48. The van der Waals surface area contributed by atoms with Crippen molar-refractivity contribution in [3.05, 3.63) is 65.5 Å². The summed E-state index contributed by atoms with van der Waals surface area (Å²) >= 11 is 0. The second kappa shape index (κ2) is 6.75. The summed E-state index contributed by atoms with van der Waals surface area (Å²) in [6.45, 7) is 4.06. The first-order chi connectivity index (χ1) is 10.7. The standard InChI is InChI=1S/C19H23N3/c1-15-9-11-16(12-10-15)14-20-13-5-8-19-21-17-6-3-4-7-18(17)22(19)2/h3-4,6-7,9-12,20H,5,8,13-14H2,1-2H3. The molecule has 114 valence electrons. The van der Waals surface area contributed by atoms with Gasteiger partial charge in [-0.05, 0) is 37.6 Å². The molecule has 1 N–H and O–H groups in total. The molecular weight excluding hydrogens is 270 g/mol. The molecule has 2 aromatic carbocycles. The third-order valence-electron chi connectivity index (χ3n) is 4.08. The van der Waals surface area contributed by atoms with Gasteiger partial charge in [-0.15, -0.1) is 0 Å². The van der Waals surface area contributed by atoms with Gasteiger partial charge < -0.3 is 9.88 Å². The van der Waals surface area contributed by atoms with E-state index < -0.39 is 0 Å². The number of fused-ring (bicyclic) bond motifs is 1. The minimum absolute atomic E-state index is 0.933. The molecule has 0 atom stereocenters. The molecule has 22 heavy (non-hydrogen) atoms. The predicted octanol–water partition coefficient (Wildman–Crippen LogP) is 3.60. The molecule has 0 fully saturated rings. The lowest BCUT2D eigenvalue weighted by atomic mass is 10.1. The summed E-state index contributed by atoms with van der Waals surface area (Å²) in [7, 11) is 2.10. The van der Waals surface area contributed by atoms with Crippen LogP contribution in [0, 0.1) is 6.92 Å². The number of nitrogens with one attached hydrogen (secondary N) is 1. The van der Waals surface area contributed by atoms with Crippen molar-refractivity contribution in [1.82, 2.24) is 14.9 Å². The quantitative estimate of drug-likeness (QED) is 0.704. The lowest BCUT2D eigenvalue weighted by Gasteiger charge is -2.06. The number of benzene rings is 2. The molecule has 0 aliphatic carbocycles. The average molecular weight is 293 g/mol. The van der Waals surface area contributed by atoms with Gasteiger partial charge in [-0.3, -0.25) is 0 Å². The Morgan fingerprint density at radius 3 is 2.59 bits per heavy atom. The molecule has 0 amide bonds. The molecule has 3 aromatic rings. The number of nitrogens with zero attached hydrogens (tertiary/aromatic N) is 2. The first-order valence-electron chi connectivity index (χ1n) is 7.90. The topological polar surface area (TPSA) is 29.9 Å². The van der Waals surface area contributed by atoms with Gasteiger partial charge >= 0.3 is 0 Å². The summed E-state index contributed by atoms with van der Waals surface area (Å²) in [5.41, 5.74) is 4.96. The monoisotopic (exact) mass is 293 g/mol. The molecule has 0 saturated carbocycles. The van der Waals surface area contributed by atoms with E-state index >= 15 is 0 Å². The van der Waals surface area contributed by atoms with Crippen molar-refractivity contribution in [1.29, 1.82) is 0 Å². The van der Waals surface area contributed by atoms with Gasteiger partial charge in [0.05, 0.1) is 11.0 Å². The van der Waals surface area contributed by atoms with Crippen molar-refractivity contribution in [2.45, 2.75) is 26.3 Å². The largest absolute Gasteiger partial charge is 0.331 e. The SMILES string of the molecule is Cc1ccc(CNCCCc2nc3ccccc3n2C)cc1. The Morgan fingerprint density at radius 1 is 1.05 bits per heavy atom. The number of imidazole rings is 1. The molecular formula is C19H23N3. The van der Waals surface area contributed by atoms with Crippen molar-refractivity contribution in [3.8, 4) is 0 Å². The van der Waals surface area contributed by atoms with Gasteiger partial charge in [0.25, 0.3) is 0 Å². The fraction of sp³-hybridized carbons (Fsp3) is 0.316. The minimum Gasteiger partial charge on any atom is -0.331 e. The maximum atomic E-state index is 4.71. The Hall–Kier alpha value is -2.13. The van der Waals surface area contributed by atoms with Crippen LogP contribution in [-0.2, 0) is 20.0 Å². The zero-order valence-electron chi connectivity index (χ0n) is 13.3. The Labute approximate surface area is 132 Å². The van der Waals surface area contributed by atoms with Crippen LogP contribution in [0.5, 0.6) is 0 Å². The van der Waals surface area contributed by atoms with Crippen LogP contribution in [0.4, 0.5) is 0 Å². The van der Waals surface area contributed by atoms with E-state index in [2.05, 4.69) is 66.3 Å². The third kappa shape index (κ3) is 3.37. The van der Waals surface area contributed by atoms with Gasteiger partial charge in [0.15, 0.2) is 0 Å². The highest BCUT2D eigenvalue weighted by Crippen LogP contribution is 2.15. The second-order valence-electron chi connectivity index (χ2n) is 5.84. The fourth-order valence-corrected chi connectivity index (χ4v) is 2.73. The molecule has 0 aliphatic heterocycles. The van der Waals surface area contributed by atoms with E-state index in [0.29, 0.717) is 0 Å². The van der Waals surface area contributed by atoms with E-state index in [4.69, 9.17) is 4.98 Å². The maximum absolute atomic E-state index is 4.71. The van der Waals surface area contributed by atoms with E-state index in [1.807, 2.05) is 6.07 Å². The lowest BCUT2D eigenvalue weighted by molar-refractivity contribution is 0.631. The summed E-state index contributed by atoms with van der Waals surface area (Å²) in [6.07, 6.45) is 2.11. The average Bonchev–Trinajstić information content (AvgIpc) is 2.86. The van der Waals surface area contributed by atoms with E-state index in [-0.39, 0.29) is 0 Å². The van der Waals surface area contributed by atoms with Crippen LogP contribution >= 0.6 is 0 Å². The summed E-state index contributed by atoms with van der Waals surface area (Å²) < 4.78 is 2.20. The number of hydrogen-bond acceptors (Lipinski definition) is 2. The van der Waals surface area contributed by atoms with Crippen molar-refractivity contribution >= 4 is 11.0 Å². The Bertz CT molecular complexity index is 741. The molecule has 0 radical (unpaired) electrons. The van der Waals surface area contributed by atoms with Crippen molar-refractivity contribution in [2.75, 3.05) is 6.54 Å². The summed E-state index contributed by atoms with van der Waals surface area (Å²) in [4.78, 5) is 4.71. The number of hydrogen-bond donors (Lipinski definition) is 1. The summed E-state index contributed by atoms with van der Waals surface area (Å²) in [5.74, 6) is 1.17. The first kappa shape index (κ1) is 14.8. The van der Waals surface area contributed by atoms with E-state index in [1.165, 1.54) is 22.5 Å². The second-order valence-corrected chi connectivity index (χ2v) is 5.84. The van der Waals surface area contributed by atoms with Crippen molar-refractivity contribution in [2.24, 2.45) is 7.05 Å². The van der Waals surface area contributed by atoms with Gasteiger partial charge in [-0.1, -0.05) is 42.0 Å². The zero-order valence-corrected chi connectivity index (χ0v) is 13.3. The van der Waals surface area contributed by atoms with Gasteiger partial charge in [0.2, 0.25) is 0 Å². The van der Waals surface area contributed by atoms with E-state index in [9.17, 15) is 0 Å². The molecule has 0 spiro atoms. The van der Waals surface area contributed by atoms with Gasteiger partial charge in [-0.2, -0.15) is 0 Å². The maximum Gasteiger partial charge on any atom is 0.109 e. The molecule has 1 aromatic heterocycles. The van der Waals surface area contributed by atoms with Crippen LogP contribution < -0.4 is 5.32 Å².